The minimum absolute atomic E-state index is 0.0131. The molecule has 21 heavy (non-hydrogen) atoms. The average molecular weight is 397 g/mol. The van der Waals surface area contributed by atoms with Gasteiger partial charge in [-0.1, -0.05) is 27.5 Å². The molecule has 112 valence electrons. The Balaban J connectivity index is 1.87. The number of hydrogen-bond donors (Lipinski definition) is 1. The van der Waals surface area contributed by atoms with Gasteiger partial charge < -0.3 is 5.32 Å². The third kappa shape index (κ3) is 3.22. The van der Waals surface area contributed by atoms with Gasteiger partial charge in [-0.3, -0.25) is 0 Å². The number of anilines is 1. The lowest BCUT2D eigenvalue weighted by molar-refractivity contribution is -0.137. The van der Waals surface area contributed by atoms with E-state index in [4.69, 9.17) is 11.6 Å². The van der Waals surface area contributed by atoms with Crippen LogP contribution in [0.25, 0.3) is 0 Å². The average Bonchev–Trinajstić information content (AvgIpc) is 2.88. The van der Waals surface area contributed by atoms with E-state index in [1.807, 2.05) is 6.07 Å². The van der Waals surface area contributed by atoms with Crippen molar-refractivity contribution >= 4 is 44.6 Å². The van der Waals surface area contributed by atoms with E-state index in [1.165, 1.54) is 16.2 Å². The summed E-state index contributed by atoms with van der Waals surface area (Å²) in [6.45, 7) is 0. The number of fused-ring (bicyclic) bond motifs is 1. The second-order valence-electron chi connectivity index (χ2n) is 4.89. The van der Waals surface area contributed by atoms with Crippen LogP contribution in [0.4, 0.5) is 18.9 Å². The van der Waals surface area contributed by atoms with Gasteiger partial charge in [0.05, 0.1) is 15.9 Å². The summed E-state index contributed by atoms with van der Waals surface area (Å²) in [6.07, 6.45) is -2.58. The fourth-order valence-electron chi connectivity index (χ4n) is 2.52. The SMILES string of the molecule is FC(F)(F)c1cc(Br)cc(NC2CCc3sc(Cl)cc32)c1. The van der Waals surface area contributed by atoms with Crippen LogP contribution in [0.3, 0.4) is 0 Å². The smallest absolute Gasteiger partial charge is 0.378 e. The molecule has 1 unspecified atom stereocenters. The highest BCUT2D eigenvalue weighted by molar-refractivity contribution is 9.10. The molecular weight excluding hydrogens is 387 g/mol. The maximum absolute atomic E-state index is 12.8. The maximum atomic E-state index is 12.8. The number of aryl methyl sites for hydroxylation is 1. The molecule has 1 N–H and O–H groups in total. The van der Waals surface area contributed by atoms with Crippen molar-refractivity contribution < 1.29 is 13.2 Å². The Morgan fingerprint density at radius 3 is 2.71 bits per heavy atom. The van der Waals surface area contributed by atoms with Gasteiger partial charge in [-0.05, 0) is 42.7 Å². The molecule has 0 aliphatic heterocycles. The second-order valence-corrected chi connectivity index (χ2v) is 7.57. The van der Waals surface area contributed by atoms with Gasteiger partial charge in [0, 0.05) is 15.0 Å². The van der Waals surface area contributed by atoms with Gasteiger partial charge in [0.15, 0.2) is 0 Å². The van der Waals surface area contributed by atoms with Gasteiger partial charge in [0.2, 0.25) is 0 Å². The zero-order valence-electron chi connectivity index (χ0n) is 10.6. The molecule has 1 atom stereocenters. The summed E-state index contributed by atoms with van der Waals surface area (Å²) in [5.74, 6) is 0. The van der Waals surface area contributed by atoms with Crippen LogP contribution in [0.2, 0.25) is 4.34 Å². The molecule has 0 saturated heterocycles. The van der Waals surface area contributed by atoms with Crippen LogP contribution >= 0.6 is 38.9 Å². The summed E-state index contributed by atoms with van der Waals surface area (Å²) < 4.78 is 39.6. The normalized spacial score (nSPS) is 17.9. The fraction of sp³-hybridized carbons (Fsp3) is 0.286. The lowest BCUT2D eigenvalue weighted by Gasteiger charge is -2.17. The van der Waals surface area contributed by atoms with Gasteiger partial charge in [-0.25, -0.2) is 0 Å². The van der Waals surface area contributed by atoms with E-state index in [0.29, 0.717) is 10.2 Å². The van der Waals surface area contributed by atoms with Crippen LogP contribution in [0.5, 0.6) is 0 Å². The highest BCUT2D eigenvalue weighted by Crippen LogP contribution is 2.42. The van der Waals surface area contributed by atoms with Crippen molar-refractivity contribution in [3.63, 3.8) is 0 Å². The Hall–Kier alpha value is -0.720. The highest BCUT2D eigenvalue weighted by atomic mass is 79.9. The number of hydrogen-bond acceptors (Lipinski definition) is 2. The number of alkyl halides is 3. The monoisotopic (exact) mass is 395 g/mol. The van der Waals surface area contributed by atoms with Crippen molar-refractivity contribution in [1.82, 2.24) is 0 Å². The topological polar surface area (TPSA) is 12.0 Å². The van der Waals surface area contributed by atoms with Gasteiger partial charge in [0.1, 0.15) is 0 Å². The molecule has 0 bridgehead atoms. The highest BCUT2D eigenvalue weighted by Gasteiger charge is 2.32. The minimum atomic E-state index is -4.35. The van der Waals surface area contributed by atoms with E-state index in [-0.39, 0.29) is 6.04 Å². The van der Waals surface area contributed by atoms with Crippen molar-refractivity contribution in [3.05, 3.63) is 49.1 Å². The Morgan fingerprint density at radius 2 is 2.00 bits per heavy atom. The Kier molecular flexibility index (Phi) is 3.96. The number of rotatable bonds is 2. The molecule has 1 aromatic heterocycles. The predicted octanol–water partition coefficient (Wildman–Crippen LogP) is 6.28. The van der Waals surface area contributed by atoms with Crippen molar-refractivity contribution in [2.75, 3.05) is 5.32 Å². The lowest BCUT2D eigenvalue weighted by Crippen LogP contribution is -2.09. The molecular formula is C14H10BrClF3NS. The van der Waals surface area contributed by atoms with E-state index in [2.05, 4.69) is 21.2 Å². The molecule has 0 spiro atoms. The first-order chi connectivity index (χ1) is 9.83. The third-order valence-corrected chi connectivity index (χ3v) is 5.21. The molecule has 0 fully saturated rings. The van der Waals surface area contributed by atoms with E-state index < -0.39 is 11.7 Å². The Bertz CT molecular complexity index is 683. The molecule has 1 heterocycles. The number of benzene rings is 1. The molecule has 3 rings (SSSR count). The summed E-state index contributed by atoms with van der Waals surface area (Å²) in [4.78, 5) is 1.21. The van der Waals surface area contributed by atoms with Crippen LogP contribution in [-0.4, -0.2) is 0 Å². The van der Waals surface area contributed by atoms with Crippen LogP contribution in [-0.2, 0) is 12.6 Å². The van der Waals surface area contributed by atoms with E-state index in [9.17, 15) is 13.2 Å². The van der Waals surface area contributed by atoms with Gasteiger partial charge in [-0.15, -0.1) is 11.3 Å². The molecule has 1 aliphatic carbocycles. The van der Waals surface area contributed by atoms with Gasteiger partial charge >= 0.3 is 6.18 Å². The van der Waals surface area contributed by atoms with Crippen LogP contribution in [0, 0.1) is 0 Å². The zero-order valence-corrected chi connectivity index (χ0v) is 13.8. The summed E-state index contributed by atoms with van der Waals surface area (Å²) in [5, 5.41) is 3.18. The van der Waals surface area contributed by atoms with Crippen LogP contribution in [0.1, 0.15) is 28.5 Å². The van der Waals surface area contributed by atoms with Gasteiger partial charge in [-0.2, -0.15) is 13.2 Å². The largest absolute Gasteiger partial charge is 0.416 e. The third-order valence-electron chi connectivity index (χ3n) is 3.41. The van der Waals surface area contributed by atoms with Crippen LogP contribution < -0.4 is 5.32 Å². The summed E-state index contributed by atoms with van der Waals surface area (Å²) >= 11 is 10.7. The molecule has 0 saturated carbocycles. The fourth-order valence-corrected chi connectivity index (χ4v) is 4.37. The van der Waals surface area contributed by atoms with Crippen molar-refractivity contribution in [2.24, 2.45) is 0 Å². The van der Waals surface area contributed by atoms with Crippen molar-refractivity contribution in [2.45, 2.75) is 25.1 Å². The quantitative estimate of drug-likeness (QED) is 0.629. The summed E-state index contributed by atoms with van der Waals surface area (Å²) in [5.41, 5.74) is 0.886. The first-order valence-electron chi connectivity index (χ1n) is 6.25. The van der Waals surface area contributed by atoms with Crippen molar-refractivity contribution in [1.29, 1.82) is 0 Å². The maximum Gasteiger partial charge on any atom is 0.416 e. The molecule has 1 aliphatic rings. The summed E-state index contributed by atoms with van der Waals surface area (Å²) in [6, 6.07) is 5.78. The number of nitrogens with one attached hydrogen (secondary N) is 1. The Labute approximate surface area is 137 Å². The lowest BCUT2D eigenvalue weighted by atomic mass is 10.1. The first kappa shape index (κ1) is 15.2. The number of thiophene rings is 1. The molecule has 0 amide bonds. The molecule has 1 nitrogen and oxygen atoms in total. The van der Waals surface area contributed by atoms with E-state index in [1.54, 1.807) is 6.07 Å². The van der Waals surface area contributed by atoms with Crippen LogP contribution in [0.15, 0.2) is 28.7 Å². The second kappa shape index (κ2) is 5.48. The molecule has 2 aromatic rings. The Morgan fingerprint density at radius 1 is 1.24 bits per heavy atom. The van der Waals surface area contributed by atoms with E-state index in [0.717, 1.165) is 34.9 Å². The van der Waals surface area contributed by atoms with Crippen molar-refractivity contribution in [3.8, 4) is 0 Å². The minimum Gasteiger partial charge on any atom is -0.378 e. The molecule has 0 radical (unpaired) electrons. The standard InChI is InChI=1S/C14H10BrClF3NS/c15-8-3-7(14(17,18)19)4-9(5-8)20-11-1-2-12-10(11)6-13(16)21-12/h3-6,11,20H,1-2H2. The first-order valence-corrected chi connectivity index (χ1v) is 8.24. The zero-order chi connectivity index (χ0) is 15.2. The number of halogens is 5. The molecule has 1 aromatic carbocycles. The van der Waals surface area contributed by atoms with E-state index >= 15 is 0 Å². The molecule has 7 heteroatoms. The van der Waals surface area contributed by atoms with Gasteiger partial charge in [0.25, 0.3) is 0 Å². The summed E-state index contributed by atoms with van der Waals surface area (Å²) in [7, 11) is 0. The predicted molar refractivity (Wildman–Crippen MR) is 83.2 cm³/mol.